The Morgan fingerprint density at radius 1 is 0.880 bits per heavy atom. The van der Waals surface area contributed by atoms with Gasteiger partial charge in [-0.1, -0.05) is 73.7 Å². The van der Waals surface area contributed by atoms with E-state index < -0.39 is 0 Å². The third-order valence-corrected chi connectivity index (χ3v) is 5.85. The van der Waals surface area contributed by atoms with Crippen LogP contribution in [-0.2, 0) is 5.41 Å². The number of rotatable bonds is 1. The van der Waals surface area contributed by atoms with Gasteiger partial charge < -0.3 is 4.90 Å². The van der Waals surface area contributed by atoms with Crippen LogP contribution in [0, 0.1) is 0 Å². The van der Waals surface area contributed by atoms with E-state index in [1.165, 1.54) is 11.1 Å². The van der Waals surface area contributed by atoms with Crippen LogP contribution in [0.5, 0.6) is 0 Å². The molecule has 2 heterocycles. The minimum Gasteiger partial charge on any atom is -0.300 e. The third kappa shape index (κ3) is 1.88. The van der Waals surface area contributed by atoms with Crippen molar-refractivity contribution in [1.82, 2.24) is 0 Å². The number of carbonyl (C=O) groups excluding carboxylic acids is 1. The van der Waals surface area contributed by atoms with E-state index >= 15 is 0 Å². The molecule has 0 spiro atoms. The number of anilines is 1. The number of fused-ring (bicyclic) bond motifs is 5. The number of amides is 1. The lowest BCUT2D eigenvalue weighted by atomic mass is 9.68. The highest BCUT2D eigenvalue weighted by Crippen LogP contribution is 2.54. The maximum atomic E-state index is 13.1. The average molecular weight is 325 g/mol. The fraction of sp³-hybridized carbons (Fsp3) is 0.174. The maximum absolute atomic E-state index is 13.1. The van der Waals surface area contributed by atoms with E-state index in [1.54, 1.807) is 0 Å². The fourth-order valence-electron chi connectivity index (χ4n) is 4.60. The lowest BCUT2D eigenvalue weighted by Crippen LogP contribution is -2.40. The molecule has 0 radical (unpaired) electrons. The molecule has 3 aromatic rings. The first-order chi connectivity index (χ1) is 12.2. The Hall–Kier alpha value is -2.87. The van der Waals surface area contributed by atoms with E-state index in [4.69, 9.17) is 0 Å². The van der Waals surface area contributed by atoms with Gasteiger partial charge in [-0.05, 0) is 35.2 Å². The van der Waals surface area contributed by atoms with Gasteiger partial charge in [0.15, 0.2) is 0 Å². The molecular formula is C23H19NO. The quantitative estimate of drug-likeness (QED) is 0.610. The summed E-state index contributed by atoms with van der Waals surface area (Å²) in [6.45, 7) is 2.31. The normalized spacial score (nSPS) is 23.8. The fourth-order valence-corrected chi connectivity index (χ4v) is 4.60. The van der Waals surface area contributed by atoms with Gasteiger partial charge in [-0.15, -0.1) is 0 Å². The molecule has 5 rings (SSSR count). The number of hydrogen-bond donors (Lipinski definition) is 0. The predicted molar refractivity (Wildman–Crippen MR) is 99.9 cm³/mol. The Bertz CT molecular complexity index is 978. The van der Waals surface area contributed by atoms with Gasteiger partial charge >= 0.3 is 0 Å². The Labute approximate surface area is 147 Å². The highest BCUT2D eigenvalue weighted by Gasteiger charge is 2.48. The first-order valence-corrected chi connectivity index (χ1v) is 8.78. The van der Waals surface area contributed by atoms with Gasteiger partial charge in [0.2, 0.25) is 0 Å². The van der Waals surface area contributed by atoms with Crippen LogP contribution in [0.2, 0.25) is 0 Å². The monoisotopic (exact) mass is 325 g/mol. The minimum atomic E-state index is -0.114. The molecule has 3 aromatic carbocycles. The number of carbonyl (C=O) groups is 1. The van der Waals surface area contributed by atoms with Gasteiger partial charge in [0, 0.05) is 16.7 Å². The molecule has 0 unspecified atom stereocenters. The van der Waals surface area contributed by atoms with Crippen LogP contribution < -0.4 is 4.90 Å². The summed E-state index contributed by atoms with van der Waals surface area (Å²) in [5, 5.41) is 0. The van der Waals surface area contributed by atoms with Crippen molar-refractivity contribution in [3.8, 4) is 0 Å². The van der Waals surface area contributed by atoms with Crippen molar-refractivity contribution in [2.24, 2.45) is 0 Å². The highest BCUT2D eigenvalue weighted by atomic mass is 16.2. The Kier molecular flexibility index (Phi) is 2.93. The zero-order valence-corrected chi connectivity index (χ0v) is 14.1. The highest BCUT2D eigenvalue weighted by molar-refractivity contribution is 6.12. The van der Waals surface area contributed by atoms with Gasteiger partial charge in [0.05, 0.1) is 6.04 Å². The second kappa shape index (κ2) is 5.06. The molecule has 2 aliphatic heterocycles. The van der Waals surface area contributed by atoms with Crippen LogP contribution in [0.3, 0.4) is 0 Å². The summed E-state index contributed by atoms with van der Waals surface area (Å²) in [7, 11) is 0. The lowest BCUT2D eigenvalue weighted by molar-refractivity contribution is 0.0986. The lowest BCUT2D eigenvalue weighted by Gasteiger charge is -2.44. The van der Waals surface area contributed by atoms with Crippen molar-refractivity contribution in [2.45, 2.75) is 24.8 Å². The van der Waals surface area contributed by atoms with Gasteiger partial charge in [-0.25, -0.2) is 0 Å². The van der Waals surface area contributed by atoms with Crippen LogP contribution in [0.25, 0.3) is 0 Å². The second-order valence-electron chi connectivity index (χ2n) is 7.20. The molecule has 2 aliphatic rings. The van der Waals surface area contributed by atoms with Crippen molar-refractivity contribution in [1.29, 1.82) is 0 Å². The first-order valence-electron chi connectivity index (χ1n) is 8.78. The number of para-hydroxylation sites is 1. The largest absolute Gasteiger partial charge is 0.300 e. The van der Waals surface area contributed by atoms with Crippen LogP contribution >= 0.6 is 0 Å². The van der Waals surface area contributed by atoms with Crippen molar-refractivity contribution < 1.29 is 4.79 Å². The average Bonchev–Trinajstić information content (AvgIpc) is 2.95. The molecule has 2 atom stereocenters. The molecule has 2 heteroatoms. The van der Waals surface area contributed by atoms with E-state index in [0.717, 1.165) is 23.2 Å². The number of nitrogens with zero attached hydrogens (tertiary/aromatic N) is 1. The van der Waals surface area contributed by atoms with Crippen molar-refractivity contribution in [2.75, 3.05) is 4.90 Å². The van der Waals surface area contributed by atoms with Gasteiger partial charge in [-0.2, -0.15) is 0 Å². The molecule has 0 saturated carbocycles. The summed E-state index contributed by atoms with van der Waals surface area (Å²) in [6.07, 6.45) is 0.900. The Balaban J connectivity index is 1.77. The summed E-state index contributed by atoms with van der Waals surface area (Å²) < 4.78 is 0. The summed E-state index contributed by atoms with van der Waals surface area (Å²) >= 11 is 0. The summed E-state index contributed by atoms with van der Waals surface area (Å²) in [4.78, 5) is 15.1. The number of benzene rings is 3. The van der Waals surface area contributed by atoms with Crippen molar-refractivity contribution >= 4 is 11.6 Å². The molecule has 2 nitrogen and oxygen atoms in total. The topological polar surface area (TPSA) is 20.3 Å². The zero-order valence-electron chi connectivity index (χ0n) is 14.1. The Morgan fingerprint density at radius 3 is 2.40 bits per heavy atom. The molecule has 122 valence electrons. The predicted octanol–water partition coefficient (Wildman–Crippen LogP) is 5.10. The van der Waals surface area contributed by atoms with Crippen LogP contribution in [0.1, 0.15) is 46.4 Å². The smallest absolute Gasteiger partial charge is 0.259 e. The zero-order chi connectivity index (χ0) is 17.0. The molecule has 0 fully saturated rings. The van der Waals surface area contributed by atoms with Gasteiger partial charge in [0.1, 0.15) is 0 Å². The molecule has 25 heavy (non-hydrogen) atoms. The third-order valence-electron chi connectivity index (χ3n) is 5.85. The molecule has 0 saturated heterocycles. The number of hydrogen-bond acceptors (Lipinski definition) is 1. The van der Waals surface area contributed by atoms with Gasteiger partial charge in [-0.3, -0.25) is 4.79 Å². The molecule has 1 amide bonds. The summed E-state index contributed by atoms with van der Waals surface area (Å²) in [5.74, 6) is 0.128. The molecule has 0 aromatic heterocycles. The second-order valence-corrected chi connectivity index (χ2v) is 7.20. The minimum absolute atomic E-state index is 0.101. The van der Waals surface area contributed by atoms with Gasteiger partial charge in [0.25, 0.3) is 5.91 Å². The molecule has 0 aliphatic carbocycles. The SMILES string of the molecule is C[C@@]1(c2ccccc2)C[C@H]2c3ccccc3C(=O)N2c2ccccc21. The van der Waals surface area contributed by atoms with Crippen LogP contribution in [0.4, 0.5) is 5.69 Å². The molecule has 0 bridgehead atoms. The van der Waals surface area contributed by atoms with Crippen LogP contribution in [-0.4, -0.2) is 5.91 Å². The van der Waals surface area contributed by atoms with E-state index in [1.807, 2.05) is 29.2 Å². The van der Waals surface area contributed by atoms with Crippen molar-refractivity contribution in [3.05, 3.63) is 101 Å². The Morgan fingerprint density at radius 2 is 1.56 bits per heavy atom. The van der Waals surface area contributed by atoms with E-state index in [9.17, 15) is 4.79 Å². The van der Waals surface area contributed by atoms with Crippen molar-refractivity contribution in [3.63, 3.8) is 0 Å². The first kappa shape index (κ1) is 14.5. The van der Waals surface area contributed by atoms with E-state index in [0.29, 0.717) is 0 Å². The standard InChI is InChI=1S/C23H19NO/c1-23(16-9-3-2-4-10-16)15-21-17-11-5-6-12-18(17)22(25)24(21)20-14-8-7-13-19(20)23/h2-14,21H,15H2,1H3/t21-,23-/m0/s1. The van der Waals surface area contributed by atoms with Crippen LogP contribution in [0.15, 0.2) is 78.9 Å². The van der Waals surface area contributed by atoms with E-state index in [-0.39, 0.29) is 17.4 Å². The summed E-state index contributed by atoms with van der Waals surface area (Å²) in [6, 6.07) is 27.2. The maximum Gasteiger partial charge on any atom is 0.259 e. The molecule has 0 N–H and O–H groups in total. The van der Waals surface area contributed by atoms with E-state index in [2.05, 4.69) is 61.5 Å². The summed E-state index contributed by atoms with van der Waals surface area (Å²) in [5.41, 5.74) is 5.48. The molecular weight excluding hydrogens is 306 g/mol.